The average Bonchev–Trinajstić information content (AvgIpc) is 2.45. The first kappa shape index (κ1) is 15.2. The van der Waals surface area contributed by atoms with E-state index in [1.165, 1.54) is 12.1 Å². The van der Waals surface area contributed by atoms with Gasteiger partial charge in [0, 0.05) is 9.77 Å². The molecule has 2 rings (SSSR count). The van der Waals surface area contributed by atoms with Crippen LogP contribution in [0, 0.1) is 9.39 Å². The second kappa shape index (κ2) is 6.99. The van der Waals surface area contributed by atoms with Gasteiger partial charge in [-0.05, 0) is 59.0 Å². The van der Waals surface area contributed by atoms with Crippen molar-refractivity contribution >= 4 is 22.6 Å². The Kier molecular flexibility index (Phi) is 5.31. The minimum absolute atomic E-state index is 0.122. The molecule has 1 heterocycles. The van der Waals surface area contributed by atoms with Crippen LogP contribution in [0.15, 0.2) is 36.5 Å². The summed E-state index contributed by atoms with van der Waals surface area (Å²) in [6, 6.07) is 8.37. The molecule has 0 aliphatic heterocycles. The summed E-state index contributed by atoms with van der Waals surface area (Å²) >= 11 is 2.14. The van der Waals surface area contributed by atoms with Crippen LogP contribution in [0.3, 0.4) is 0 Å². The molecule has 5 heteroatoms. The molecule has 3 nitrogen and oxygen atoms in total. The number of methoxy groups -OCH3 is 1. The quantitative estimate of drug-likeness (QED) is 0.799. The van der Waals surface area contributed by atoms with Gasteiger partial charge >= 0.3 is 0 Å². The summed E-state index contributed by atoms with van der Waals surface area (Å²) < 4.78 is 19.5. The molecule has 2 aromatic rings. The lowest BCUT2D eigenvalue weighted by molar-refractivity contribution is 0.400. The van der Waals surface area contributed by atoms with Crippen molar-refractivity contribution in [2.24, 2.45) is 0 Å². The van der Waals surface area contributed by atoms with Crippen molar-refractivity contribution in [3.05, 3.63) is 57.2 Å². The van der Waals surface area contributed by atoms with Gasteiger partial charge in [0.1, 0.15) is 17.3 Å². The maximum Gasteiger partial charge on any atom is 0.142 e. The van der Waals surface area contributed by atoms with Crippen molar-refractivity contribution < 1.29 is 9.13 Å². The van der Waals surface area contributed by atoms with E-state index < -0.39 is 0 Å². The van der Waals surface area contributed by atoms with Crippen LogP contribution < -0.4 is 10.1 Å². The lowest BCUT2D eigenvalue weighted by Gasteiger charge is -2.21. The van der Waals surface area contributed by atoms with Crippen molar-refractivity contribution in [3.8, 4) is 5.75 Å². The predicted octanol–water partition coefficient (Wildman–Crippen LogP) is 3.53. The summed E-state index contributed by atoms with van der Waals surface area (Å²) in [4.78, 5) is 4.42. The second-order valence-electron chi connectivity index (χ2n) is 4.25. The van der Waals surface area contributed by atoms with Gasteiger partial charge in [-0.2, -0.15) is 0 Å². The molecule has 20 heavy (non-hydrogen) atoms. The van der Waals surface area contributed by atoms with Gasteiger partial charge in [-0.25, -0.2) is 4.39 Å². The molecule has 106 valence electrons. The Morgan fingerprint density at radius 3 is 2.85 bits per heavy atom. The van der Waals surface area contributed by atoms with E-state index in [2.05, 4.69) is 32.9 Å². The first-order valence-electron chi connectivity index (χ1n) is 6.34. The number of hydrogen-bond acceptors (Lipinski definition) is 3. The molecule has 1 atom stereocenters. The SMILES string of the molecule is CCNC(c1ccc(F)cc1I)c1ncccc1OC. The van der Waals surface area contributed by atoms with Crippen LogP contribution in [0.1, 0.15) is 24.2 Å². The fourth-order valence-corrected chi connectivity index (χ4v) is 2.87. The first-order chi connectivity index (χ1) is 9.67. The standard InChI is InChI=1S/C15H16FIN2O/c1-3-18-14(11-7-6-10(16)9-12(11)17)15-13(20-2)5-4-8-19-15/h4-9,14,18H,3H2,1-2H3. The largest absolute Gasteiger partial charge is 0.495 e. The number of ether oxygens (including phenoxy) is 1. The molecule has 0 saturated heterocycles. The summed E-state index contributed by atoms with van der Waals surface area (Å²) in [7, 11) is 1.62. The fraction of sp³-hybridized carbons (Fsp3) is 0.267. The summed E-state index contributed by atoms with van der Waals surface area (Å²) in [5.74, 6) is 0.486. The molecular formula is C15H16FIN2O. The zero-order chi connectivity index (χ0) is 14.5. The fourth-order valence-electron chi connectivity index (χ4n) is 2.09. The number of aromatic nitrogens is 1. The van der Waals surface area contributed by atoms with Crippen LogP contribution in [0.2, 0.25) is 0 Å². The summed E-state index contributed by atoms with van der Waals surface area (Å²) in [6.07, 6.45) is 1.73. The zero-order valence-electron chi connectivity index (χ0n) is 11.4. The van der Waals surface area contributed by atoms with Gasteiger partial charge in [-0.3, -0.25) is 4.98 Å². The van der Waals surface area contributed by atoms with E-state index in [9.17, 15) is 4.39 Å². The van der Waals surface area contributed by atoms with E-state index >= 15 is 0 Å². The molecule has 0 aliphatic rings. The highest BCUT2D eigenvalue weighted by Crippen LogP contribution is 2.30. The molecule has 0 aliphatic carbocycles. The lowest BCUT2D eigenvalue weighted by atomic mass is 10.0. The third kappa shape index (κ3) is 3.27. The molecule has 1 unspecified atom stereocenters. The molecule has 0 spiro atoms. The van der Waals surface area contributed by atoms with E-state index in [-0.39, 0.29) is 11.9 Å². The number of nitrogens with zero attached hydrogens (tertiary/aromatic N) is 1. The van der Waals surface area contributed by atoms with Crippen molar-refractivity contribution in [3.63, 3.8) is 0 Å². The highest BCUT2D eigenvalue weighted by atomic mass is 127. The Bertz CT molecular complexity index is 592. The van der Waals surface area contributed by atoms with Gasteiger partial charge < -0.3 is 10.1 Å². The number of halogens is 2. The summed E-state index contributed by atoms with van der Waals surface area (Å²) in [6.45, 7) is 2.80. The number of benzene rings is 1. The second-order valence-corrected chi connectivity index (χ2v) is 5.41. The van der Waals surface area contributed by atoms with Crippen LogP contribution >= 0.6 is 22.6 Å². The van der Waals surface area contributed by atoms with Gasteiger partial charge in [0.25, 0.3) is 0 Å². The Hall–Kier alpha value is -1.21. The third-order valence-corrected chi connectivity index (χ3v) is 3.91. The normalized spacial score (nSPS) is 12.2. The van der Waals surface area contributed by atoms with Crippen LogP contribution in [0.4, 0.5) is 4.39 Å². The van der Waals surface area contributed by atoms with Crippen molar-refractivity contribution in [1.29, 1.82) is 0 Å². The van der Waals surface area contributed by atoms with Gasteiger partial charge in [0.05, 0.1) is 13.2 Å². The van der Waals surface area contributed by atoms with E-state index in [4.69, 9.17) is 4.74 Å². The Morgan fingerprint density at radius 1 is 1.40 bits per heavy atom. The minimum atomic E-state index is -0.235. The van der Waals surface area contributed by atoms with E-state index in [1.54, 1.807) is 19.4 Å². The van der Waals surface area contributed by atoms with Gasteiger partial charge in [-0.1, -0.05) is 13.0 Å². The zero-order valence-corrected chi connectivity index (χ0v) is 13.5. The van der Waals surface area contributed by atoms with Crippen LogP contribution in [-0.4, -0.2) is 18.6 Å². The van der Waals surface area contributed by atoms with Crippen LogP contribution in [-0.2, 0) is 0 Å². The Morgan fingerprint density at radius 2 is 2.20 bits per heavy atom. The Balaban J connectivity index is 2.50. The molecular weight excluding hydrogens is 370 g/mol. The maximum atomic E-state index is 13.3. The summed E-state index contributed by atoms with van der Waals surface area (Å²) in [5, 5.41) is 3.38. The molecule has 0 saturated carbocycles. The third-order valence-electron chi connectivity index (χ3n) is 2.97. The average molecular weight is 386 g/mol. The number of pyridine rings is 1. The van der Waals surface area contributed by atoms with E-state index in [1.807, 2.05) is 19.1 Å². The Labute approximate surface area is 131 Å². The van der Waals surface area contributed by atoms with E-state index in [0.717, 1.165) is 27.1 Å². The highest BCUT2D eigenvalue weighted by molar-refractivity contribution is 14.1. The highest BCUT2D eigenvalue weighted by Gasteiger charge is 2.21. The maximum absolute atomic E-state index is 13.3. The monoisotopic (exact) mass is 386 g/mol. The van der Waals surface area contributed by atoms with Gasteiger partial charge in [0.15, 0.2) is 0 Å². The van der Waals surface area contributed by atoms with Gasteiger partial charge in [-0.15, -0.1) is 0 Å². The lowest BCUT2D eigenvalue weighted by Crippen LogP contribution is -2.24. The number of nitrogens with one attached hydrogen (secondary N) is 1. The van der Waals surface area contributed by atoms with Gasteiger partial charge in [0.2, 0.25) is 0 Å². The molecule has 1 aromatic heterocycles. The summed E-state index contributed by atoms with van der Waals surface area (Å²) in [5.41, 5.74) is 1.80. The molecule has 0 amide bonds. The smallest absolute Gasteiger partial charge is 0.142 e. The first-order valence-corrected chi connectivity index (χ1v) is 7.42. The van der Waals surface area contributed by atoms with Crippen molar-refractivity contribution in [2.75, 3.05) is 13.7 Å². The number of rotatable bonds is 5. The molecule has 0 fully saturated rings. The molecule has 1 N–H and O–H groups in total. The predicted molar refractivity (Wildman–Crippen MR) is 85.4 cm³/mol. The molecule has 0 radical (unpaired) electrons. The topological polar surface area (TPSA) is 34.2 Å². The van der Waals surface area contributed by atoms with Crippen molar-refractivity contribution in [1.82, 2.24) is 10.3 Å². The van der Waals surface area contributed by atoms with Crippen molar-refractivity contribution in [2.45, 2.75) is 13.0 Å². The van der Waals surface area contributed by atoms with Crippen LogP contribution in [0.5, 0.6) is 5.75 Å². The number of hydrogen-bond donors (Lipinski definition) is 1. The molecule has 0 bridgehead atoms. The molecule has 1 aromatic carbocycles. The van der Waals surface area contributed by atoms with E-state index in [0.29, 0.717) is 0 Å². The van der Waals surface area contributed by atoms with Crippen LogP contribution in [0.25, 0.3) is 0 Å². The minimum Gasteiger partial charge on any atom is -0.495 e.